The standard InChI is InChI=1S/C24H29FN2O4/c1-17(28)18-8-11-22(23(15-18)30-2)31-14-6-7-24(29)26-20-16-19(25)9-10-21(20)27-12-4-3-5-13-27/h8-11,15-16H,3-7,12-14H2,1-2H3,(H,26,29). The number of nitrogens with zero attached hydrogens (tertiary/aromatic N) is 1. The molecule has 166 valence electrons. The van der Waals surface area contributed by atoms with Gasteiger partial charge in [-0.3, -0.25) is 9.59 Å². The van der Waals surface area contributed by atoms with Crippen molar-refractivity contribution >= 4 is 23.1 Å². The van der Waals surface area contributed by atoms with Gasteiger partial charge in [0, 0.05) is 25.1 Å². The molecule has 7 heteroatoms. The van der Waals surface area contributed by atoms with Crippen molar-refractivity contribution in [2.45, 2.75) is 39.0 Å². The van der Waals surface area contributed by atoms with Gasteiger partial charge in [-0.2, -0.15) is 0 Å². The predicted molar refractivity (Wildman–Crippen MR) is 119 cm³/mol. The minimum Gasteiger partial charge on any atom is -0.493 e. The maximum Gasteiger partial charge on any atom is 0.224 e. The summed E-state index contributed by atoms with van der Waals surface area (Å²) in [5.41, 5.74) is 1.92. The smallest absolute Gasteiger partial charge is 0.224 e. The highest BCUT2D eigenvalue weighted by Gasteiger charge is 2.17. The van der Waals surface area contributed by atoms with Crippen molar-refractivity contribution in [3.63, 3.8) is 0 Å². The third-order valence-electron chi connectivity index (χ3n) is 5.31. The second-order valence-electron chi connectivity index (χ2n) is 7.63. The molecule has 1 saturated heterocycles. The monoisotopic (exact) mass is 428 g/mol. The Balaban J connectivity index is 1.53. The van der Waals surface area contributed by atoms with Gasteiger partial charge in [0.2, 0.25) is 5.91 Å². The normalized spacial score (nSPS) is 13.6. The molecule has 1 fully saturated rings. The summed E-state index contributed by atoms with van der Waals surface area (Å²) >= 11 is 0. The Morgan fingerprint density at radius 2 is 1.84 bits per heavy atom. The molecule has 1 N–H and O–H groups in total. The zero-order chi connectivity index (χ0) is 22.2. The van der Waals surface area contributed by atoms with Crippen LogP contribution in [0.3, 0.4) is 0 Å². The second-order valence-corrected chi connectivity index (χ2v) is 7.63. The zero-order valence-electron chi connectivity index (χ0n) is 18.1. The average Bonchev–Trinajstić information content (AvgIpc) is 2.77. The van der Waals surface area contributed by atoms with Crippen LogP contribution in [-0.4, -0.2) is 38.5 Å². The number of amides is 1. The van der Waals surface area contributed by atoms with Gasteiger partial charge in [-0.15, -0.1) is 0 Å². The summed E-state index contributed by atoms with van der Waals surface area (Å²) in [5, 5.41) is 2.85. The van der Waals surface area contributed by atoms with Crippen LogP contribution in [0.1, 0.15) is 49.4 Å². The highest BCUT2D eigenvalue weighted by Crippen LogP contribution is 2.30. The molecule has 0 spiro atoms. The third kappa shape index (κ3) is 6.20. The average molecular weight is 429 g/mol. The van der Waals surface area contributed by atoms with E-state index in [1.54, 1.807) is 24.3 Å². The van der Waals surface area contributed by atoms with Crippen molar-refractivity contribution in [3.8, 4) is 11.5 Å². The summed E-state index contributed by atoms with van der Waals surface area (Å²) in [6.45, 7) is 3.62. The molecule has 3 rings (SSSR count). The number of anilines is 2. The van der Waals surface area contributed by atoms with Gasteiger partial charge < -0.3 is 19.7 Å². The predicted octanol–water partition coefficient (Wildman–Crippen LogP) is 4.82. The Morgan fingerprint density at radius 1 is 1.06 bits per heavy atom. The van der Waals surface area contributed by atoms with Crippen LogP contribution in [0.15, 0.2) is 36.4 Å². The summed E-state index contributed by atoms with van der Waals surface area (Å²) < 4.78 is 24.8. The number of piperidine rings is 1. The van der Waals surface area contributed by atoms with Crippen LogP contribution < -0.4 is 19.7 Å². The molecule has 0 aromatic heterocycles. The fraction of sp³-hybridized carbons (Fsp3) is 0.417. The van der Waals surface area contributed by atoms with E-state index in [-0.39, 0.29) is 23.9 Å². The van der Waals surface area contributed by atoms with Crippen LogP contribution in [0.4, 0.5) is 15.8 Å². The molecule has 31 heavy (non-hydrogen) atoms. The maximum absolute atomic E-state index is 13.8. The lowest BCUT2D eigenvalue weighted by Gasteiger charge is -2.30. The molecule has 0 radical (unpaired) electrons. The van der Waals surface area contributed by atoms with E-state index in [0.717, 1.165) is 31.6 Å². The minimum absolute atomic E-state index is 0.0530. The number of carbonyl (C=O) groups excluding carboxylic acids is 2. The zero-order valence-corrected chi connectivity index (χ0v) is 18.1. The molecule has 0 aliphatic carbocycles. The molecule has 0 atom stereocenters. The maximum atomic E-state index is 13.8. The van der Waals surface area contributed by atoms with Crippen LogP contribution in [0.25, 0.3) is 0 Å². The Hall–Kier alpha value is -3.09. The minimum atomic E-state index is -0.375. The number of hydrogen-bond donors (Lipinski definition) is 1. The van der Waals surface area contributed by atoms with E-state index >= 15 is 0 Å². The molecule has 1 aliphatic rings. The van der Waals surface area contributed by atoms with E-state index in [2.05, 4.69) is 10.2 Å². The van der Waals surface area contributed by atoms with E-state index in [4.69, 9.17) is 9.47 Å². The van der Waals surface area contributed by atoms with Crippen molar-refractivity contribution in [3.05, 3.63) is 47.8 Å². The van der Waals surface area contributed by atoms with Crippen molar-refractivity contribution in [2.75, 3.05) is 37.0 Å². The molecule has 0 unspecified atom stereocenters. The highest BCUT2D eigenvalue weighted by molar-refractivity contribution is 5.95. The first-order chi connectivity index (χ1) is 15.0. The van der Waals surface area contributed by atoms with Crippen LogP contribution in [0.2, 0.25) is 0 Å². The Kier molecular flexibility index (Phi) is 7.87. The number of rotatable bonds is 9. The number of ether oxygens (including phenoxy) is 2. The van der Waals surface area contributed by atoms with Crippen molar-refractivity contribution in [2.24, 2.45) is 0 Å². The Morgan fingerprint density at radius 3 is 2.55 bits per heavy atom. The van der Waals surface area contributed by atoms with Gasteiger partial charge in [-0.05, 0) is 69.0 Å². The third-order valence-corrected chi connectivity index (χ3v) is 5.31. The first-order valence-electron chi connectivity index (χ1n) is 10.6. The Labute approximate surface area is 182 Å². The van der Waals surface area contributed by atoms with Gasteiger partial charge in [-0.25, -0.2) is 4.39 Å². The topological polar surface area (TPSA) is 67.9 Å². The first kappa shape index (κ1) is 22.6. The van der Waals surface area contributed by atoms with E-state index < -0.39 is 0 Å². The molecule has 1 heterocycles. The number of Topliss-reactive ketones (excluding diaryl/α,β-unsaturated/α-hetero) is 1. The quantitative estimate of drug-likeness (QED) is 0.458. The van der Waals surface area contributed by atoms with Crippen LogP contribution in [0, 0.1) is 5.82 Å². The fourth-order valence-electron chi connectivity index (χ4n) is 3.65. The molecule has 6 nitrogen and oxygen atoms in total. The summed E-state index contributed by atoms with van der Waals surface area (Å²) in [4.78, 5) is 26.1. The number of hydrogen-bond acceptors (Lipinski definition) is 5. The van der Waals surface area contributed by atoms with Gasteiger partial charge in [0.25, 0.3) is 0 Å². The lowest BCUT2D eigenvalue weighted by atomic mass is 10.1. The number of carbonyl (C=O) groups is 2. The molecule has 2 aromatic carbocycles. The van der Waals surface area contributed by atoms with Crippen LogP contribution in [0.5, 0.6) is 11.5 Å². The first-order valence-corrected chi connectivity index (χ1v) is 10.6. The molecule has 2 aromatic rings. The van der Waals surface area contributed by atoms with E-state index in [1.807, 2.05) is 0 Å². The molecule has 0 saturated carbocycles. The second kappa shape index (κ2) is 10.8. The van der Waals surface area contributed by atoms with Crippen molar-refractivity contribution in [1.29, 1.82) is 0 Å². The number of methoxy groups -OCH3 is 1. The molecule has 1 aliphatic heterocycles. The summed E-state index contributed by atoms with van der Waals surface area (Å²) in [6, 6.07) is 9.54. The number of benzene rings is 2. The molecular weight excluding hydrogens is 399 g/mol. The van der Waals surface area contributed by atoms with Crippen molar-refractivity contribution in [1.82, 2.24) is 0 Å². The Bertz CT molecular complexity index is 926. The molecular formula is C24H29FN2O4. The van der Waals surface area contributed by atoms with Crippen molar-refractivity contribution < 1.29 is 23.5 Å². The number of ketones is 1. The summed E-state index contributed by atoms with van der Waals surface area (Å²) in [5.74, 6) is 0.378. The van der Waals surface area contributed by atoms with E-state index in [0.29, 0.717) is 35.8 Å². The van der Waals surface area contributed by atoms with Gasteiger partial charge >= 0.3 is 0 Å². The summed E-state index contributed by atoms with van der Waals surface area (Å²) in [7, 11) is 1.51. The fourth-order valence-corrected chi connectivity index (χ4v) is 3.65. The highest BCUT2D eigenvalue weighted by atomic mass is 19.1. The van der Waals surface area contributed by atoms with Crippen LogP contribution in [-0.2, 0) is 4.79 Å². The lowest BCUT2D eigenvalue weighted by Crippen LogP contribution is -2.30. The van der Waals surface area contributed by atoms with E-state index in [9.17, 15) is 14.0 Å². The van der Waals surface area contributed by atoms with Gasteiger partial charge in [0.05, 0.1) is 25.1 Å². The van der Waals surface area contributed by atoms with Gasteiger partial charge in [0.1, 0.15) is 5.82 Å². The molecule has 0 bridgehead atoms. The van der Waals surface area contributed by atoms with Gasteiger partial charge in [-0.1, -0.05) is 0 Å². The largest absolute Gasteiger partial charge is 0.493 e. The summed E-state index contributed by atoms with van der Waals surface area (Å²) in [6.07, 6.45) is 4.11. The molecule has 1 amide bonds. The lowest BCUT2D eigenvalue weighted by molar-refractivity contribution is -0.116. The number of halogens is 1. The van der Waals surface area contributed by atoms with Crippen LogP contribution >= 0.6 is 0 Å². The SMILES string of the molecule is COc1cc(C(C)=O)ccc1OCCCC(=O)Nc1cc(F)ccc1N1CCCCC1. The van der Waals surface area contributed by atoms with Gasteiger partial charge in [0.15, 0.2) is 17.3 Å². The number of nitrogens with one attached hydrogen (secondary N) is 1. The van der Waals surface area contributed by atoms with E-state index in [1.165, 1.54) is 32.6 Å².